The Hall–Kier alpha value is -2.35. The Bertz CT molecular complexity index is 771. The number of rotatable bonds is 6. The highest BCUT2D eigenvalue weighted by molar-refractivity contribution is 9.10. The first-order valence-corrected chi connectivity index (χ1v) is 7.78. The highest BCUT2D eigenvalue weighted by atomic mass is 79.9. The van der Waals surface area contributed by atoms with Gasteiger partial charge in [0.2, 0.25) is 11.8 Å². The Morgan fingerprint density at radius 2 is 2.00 bits per heavy atom. The fourth-order valence-corrected chi connectivity index (χ4v) is 2.51. The third-order valence-corrected chi connectivity index (χ3v) is 4.00. The Morgan fingerprint density at radius 1 is 1.25 bits per heavy atom. The van der Waals surface area contributed by atoms with Crippen molar-refractivity contribution < 1.29 is 18.4 Å². The summed E-state index contributed by atoms with van der Waals surface area (Å²) in [6, 6.07) is 5.68. The number of nitrogens with zero attached hydrogens (tertiary/aromatic N) is 1. The monoisotopic (exact) mass is 397 g/mol. The molecule has 1 aromatic heterocycles. The van der Waals surface area contributed by atoms with E-state index < -0.39 is 29.5 Å². The van der Waals surface area contributed by atoms with E-state index >= 15 is 0 Å². The van der Waals surface area contributed by atoms with E-state index in [2.05, 4.69) is 26.2 Å². The van der Waals surface area contributed by atoms with E-state index in [1.807, 2.05) is 0 Å². The number of hydrogen-bond acceptors (Lipinski definition) is 3. The van der Waals surface area contributed by atoms with Crippen molar-refractivity contribution in [1.82, 2.24) is 10.3 Å². The lowest BCUT2D eigenvalue weighted by atomic mass is 10.1. The van der Waals surface area contributed by atoms with Crippen LogP contribution in [0.15, 0.2) is 41.1 Å². The number of benzene rings is 1. The van der Waals surface area contributed by atoms with Gasteiger partial charge >= 0.3 is 0 Å². The van der Waals surface area contributed by atoms with E-state index in [9.17, 15) is 18.4 Å². The molecule has 0 saturated carbocycles. The van der Waals surface area contributed by atoms with Crippen molar-refractivity contribution in [2.24, 2.45) is 5.73 Å². The molecule has 126 valence electrons. The average Bonchev–Trinajstić information content (AvgIpc) is 2.52. The van der Waals surface area contributed by atoms with Crippen LogP contribution in [0.5, 0.6) is 0 Å². The van der Waals surface area contributed by atoms with Crippen molar-refractivity contribution in [3.05, 3.63) is 63.9 Å². The van der Waals surface area contributed by atoms with Gasteiger partial charge in [0, 0.05) is 12.6 Å². The molecular weight excluding hydrogens is 384 g/mol. The van der Waals surface area contributed by atoms with Crippen LogP contribution >= 0.6 is 15.9 Å². The SMILES string of the molecule is NC(=O)[C@@H](Cc1cccnc1Br)NC(=O)Cc1ccc(F)c(F)c1. The molecule has 1 heterocycles. The first kappa shape index (κ1) is 18.0. The molecule has 0 aliphatic rings. The summed E-state index contributed by atoms with van der Waals surface area (Å²) < 4.78 is 26.6. The molecule has 0 spiro atoms. The molecule has 0 unspecified atom stereocenters. The Labute approximate surface area is 145 Å². The highest BCUT2D eigenvalue weighted by Crippen LogP contribution is 2.15. The minimum absolute atomic E-state index is 0.160. The Balaban J connectivity index is 2.04. The summed E-state index contributed by atoms with van der Waals surface area (Å²) in [5.41, 5.74) is 6.31. The van der Waals surface area contributed by atoms with E-state index in [4.69, 9.17) is 5.73 Å². The van der Waals surface area contributed by atoms with Crippen LogP contribution in [0.2, 0.25) is 0 Å². The molecule has 0 saturated heterocycles. The van der Waals surface area contributed by atoms with E-state index in [1.165, 1.54) is 6.07 Å². The third kappa shape index (κ3) is 4.82. The van der Waals surface area contributed by atoms with Gasteiger partial charge in [0.25, 0.3) is 0 Å². The van der Waals surface area contributed by atoms with Gasteiger partial charge in [-0.15, -0.1) is 0 Å². The van der Waals surface area contributed by atoms with Gasteiger partial charge in [0.1, 0.15) is 10.6 Å². The summed E-state index contributed by atoms with van der Waals surface area (Å²) in [5, 5.41) is 2.50. The maximum absolute atomic E-state index is 13.2. The van der Waals surface area contributed by atoms with E-state index in [0.717, 1.165) is 12.1 Å². The molecule has 0 bridgehead atoms. The lowest BCUT2D eigenvalue weighted by Crippen LogP contribution is -2.46. The number of nitrogens with two attached hydrogens (primary N) is 1. The molecule has 0 aliphatic heterocycles. The smallest absolute Gasteiger partial charge is 0.240 e. The average molecular weight is 398 g/mol. The van der Waals surface area contributed by atoms with Crippen molar-refractivity contribution in [3.8, 4) is 0 Å². The summed E-state index contributed by atoms with van der Waals surface area (Å²) in [6.07, 6.45) is 1.54. The second kappa shape index (κ2) is 7.96. The molecule has 24 heavy (non-hydrogen) atoms. The zero-order valence-corrected chi connectivity index (χ0v) is 14.0. The Kier molecular flexibility index (Phi) is 5.97. The molecule has 2 amide bonds. The summed E-state index contributed by atoms with van der Waals surface area (Å²) in [6.45, 7) is 0. The van der Waals surface area contributed by atoms with Gasteiger partial charge in [-0.05, 0) is 45.3 Å². The maximum atomic E-state index is 13.2. The molecule has 1 aromatic carbocycles. The topological polar surface area (TPSA) is 85.1 Å². The molecule has 1 atom stereocenters. The lowest BCUT2D eigenvalue weighted by molar-refractivity contribution is -0.127. The number of aromatic nitrogens is 1. The largest absolute Gasteiger partial charge is 0.368 e. The summed E-state index contributed by atoms with van der Waals surface area (Å²) in [4.78, 5) is 27.6. The van der Waals surface area contributed by atoms with Crippen LogP contribution in [-0.4, -0.2) is 22.8 Å². The van der Waals surface area contributed by atoms with Crippen molar-refractivity contribution >= 4 is 27.7 Å². The van der Waals surface area contributed by atoms with Gasteiger partial charge in [-0.2, -0.15) is 0 Å². The van der Waals surface area contributed by atoms with Crippen LogP contribution in [-0.2, 0) is 22.4 Å². The predicted molar refractivity (Wildman–Crippen MR) is 86.8 cm³/mol. The van der Waals surface area contributed by atoms with Gasteiger partial charge in [-0.25, -0.2) is 13.8 Å². The second-order valence-electron chi connectivity index (χ2n) is 5.11. The molecule has 0 aliphatic carbocycles. The number of hydrogen-bond donors (Lipinski definition) is 2. The van der Waals surface area contributed by atoms with Crippen LogP contribution in [0.4, 0.5) is 8.78 Å². The lowest BCUT2D eigenvalue weighted by Gasteiger charge is -2.16. The number of nitrogens with one attached hydrogen (secondary N) is 1. The first-order valence-electron chi connectivity index (χ1n) is 6.99. The van der Waals surface area contributed by atoms with Gasteiger partial charge in [-0.1, -0.05) is 12.1 Å². The number of halogens is 3. The maximum Gasteiger partial charge on any atom is 0.240 e. The van der Waals surface area contributed by atoms with Gasteiger partial charge in [-0.3, -0.25) is 9.59 Å². The van der Waals surface area contributed by atoms with Crippen LogP contribution in [0.3, 0.4) is 0 Å². The van der Waals surface area contributed by atoms with Gasteiger partial charge in [0.15, 0.2) is 11.6 Å². The van der Waals surface area contributed by atoms with Crippen molar-refractivity contribution in [2.45, 2.75) is 18.9 Å². The molecule has 2 aromatic rings. The second-order valence-corrected chi connectivity index (χ2v) is 5.86. The fraction of sp³-hybridized carbons (Fsp3) is 0.188. The zero-order valence-electron chi connectivity index (χ0n) is 12.4. The van der Waals surface area contributed by atoms with Gasteiger partial charge in [0.05, 0.1) is 6.42 Å². The molecule has 3 N–H and O–H groups in total. The molecule has 5 nitrogen and oxygen atoms in total. The number of amides is 2. The number of carbonyl (C=O) groups is 2. The number of primary amides is 1. The first-order chi connectivity index (χ1) is 11.4. The van der Waals surface area contributed by atoms with Crippen LogP contribution in [0.1, 0.15) is 11.1 Å². The van der Waals surface area contributed by atoms with Crippen molar-refractivity contribution in [2.75, 3.05) is 0 Å². The summed E-state index contributed by atoms with van der Waals surface area (Å²) >= 11 is 3.26. The molecule has 2 rings (SSSR count). The molecule has 8 heteroatoms. The minimum Gasteiger partial charge on any atom is -0.368 e. The van der Waals surface area contributed by atoms with E-state index in [-0.39, 0.29) is 18.4 Å². The van der Waals surface area contributed by atoms with Gasteiger partial charge < -0.3 is 11.1 Å². The van der Waals surface area contributed by atoms with Crippen LogP contribution < -0.4 is 11.1 Å². The number of pyridine rings is 1. The normalized spacial score (nSPS) is 11.8. The molecular formula is C16H14BrF2N3O2. The summed E-state index contributed by atoms with van der Waals surface area (Å²) in [5.74, 6) is -3.25. The van der Waals surface area contributed by atoms with E-state index in [0.29, 0.717) is 10.2 Å². The van der Waals surface area contributed by atoms with Crippen LogP contribution in [0, 0.1) is 11.6 Å². The van der Waals surface area contributed by atoms with Crippen molar-refractivity contribution in [3.63, 3.8) is 0 Å². The zero-order chi connectivity index (χ0) is 17.7. The third-order valence-electron chi connectivity index (χ3n) is 3.29. The number of carbonyl (C=O) groups excluding carboxylic acids is 2. The molecule has 0 fully saturated rings. The predicted octanol–water partition coefficient (Wildman–Crippen LogP) is 1.88. The molecule has 0 radical (unpaired) electrons. The van der Waals surface area contributed by atoms with Crippen LogP contribution in [0.25, 0.3) is 0 Å². The summed E-state index contributed by atoms with van der Waals surface area (Å²) in [7, 11) is 0. The fourth-order valence-electron chi connectivity index (χ4n) is 2.09. The van der Waals surface area contributed by atoms with Crippen molar-refractivity contribution in [1.29, 1.82) is 0 Å². The highest BCUT2D eigenvalue weighted by Gasteiger charge is 2.20. The minimum atomic E-state index is -1.04. The quantitative estimate of drug-likeness (QED) is 0.729. The standard InChI is InChI=1S/C16H14BrF2N3O2/c17-15-10(2-1-5-21-15)8-13(16(20)24)22-14(23)7-9-3-4-11(18)12(19)6-9/h1-6,13H,7-8H2,(H2,20,24)(H,22,23)/t13-/m1/s1. The van der Waals surface area contributed by atoms with E-state index in [1.54, 1.807) is 18.3 Å². The Morgan fingerprint density at radius 3 is 2.62 bits per heavy atom.